The van der Waals surface area contributed by atoms with Gasteiger partial charge in [-0.1, -0.05) is 0 Å². The summed E-state index contributed by atoms with van der Waals surface area (Å²) in [6, 6.07) is 0. The van der Waals surface area contributed by atoms with Gasteiger partial charge in [-0.15, -0.1) is 0 Å². The van der Waals surface area contributed by atoms with Crippen LogP contribution in [0.3, 0.4) is 0 Å². The molecule has 43 heteroatoms. The molecule has 0 aliphatic rings. The predicted molar refractivity (Wildman–Crippen MR) is 138 cm³/mol. The van der Waals surface area contributed by atoms with E-state index in [2.05, 4.69) is 0 Å². The fraction of sp³-hybridized carbons (Fsp3) is 0. The van der Waals surface area contributed by atoms with Gasteiger partial charge in [0.2, 0.25) is 0 Å². The average Bonchev–Trinajstić information content (AvgIpc) is 2.39. The van der Waals surface area contributed by atoms with Crippen LogP contribution in [-0.4, -0.2) is 283 Å². The first-order valence-electron chi connectivity index (χ1n) is 6.97. The molecule has 252 valence electrons. The van der Waals surface area contributed by atoms with Gasteiger partial charge in [-0.2, -0.15) is 0 Å². The van der Waals surface area contributed by atoms with Crippen molar-refractivity contribution >= 4 is 125 Å². The second-order valence-electron chi connectivity index (χ2n) is 3.12. The SMILES string of the molecule is O.O.O.O.OB(O)O.OB(O)O.OB(O)O.OB(O)O.OB(O)O.OB(O)O.OB(O)O.OB(O)O.OB(O)O.[Na].[Na].[Zn]. The summed E-state index contributed by atoms with van der Waals surface area (Å²) < 4.78 is 0. The van der Waals surface area contributed by atoms with Gasteiger partial charge in [-0.3, -0.25) is 0 Å². The molecule has 35 N–H and O–H groups in total. The molecular weight excluding hydrogens is 705 g/mol. The fourth-order valence-electron chi connectivity index (χ4n) is 0. The Hall–Kier alpha value is 1.97. The molecule has 0 saturated heterocycles. The minimum atomic E-state index is -2.17. The molecule has 0 heterocycles. The van der Waals surface area contributed by atoms with Crippen molar-refractivity contribution in [1.29, 1.82) is 0 Å². The van der Waals surface area contributed by atoms with Crippen molar-refractivity contribution in [3.63, 3.8) is 0 Å². The topological polar surface area (TPSA) is 672 Å². The van der Waals surface area contributed by atoms with Crippen LogP contribution in [0.2, 0.25) is 0 Å². The summed E-state index contributed by atoms with van der Waals surface area (Å²) in [4.78, 5) is 0. The second kappa shape index (κ2) is 96.7. The Morgan fingerprint density at radius 2 is 0.163 bits per heavy atom. The summed E-state index contributed by atoms with van der Waals surface area (Å²) in [7, 11) is -19.5. The van der Waals surface area contributed by atoms with E-state index in [1.54, 1.807) is 0 Å². The van der Waals surface area contributed by atoms with Crippen molar-refractivity contribution in [2.75, 3.05) is 0 Å². The zero-order chi connectivity index (χ0) is 32.2. The number of rotatable bonds is 0. The molecule has 0 spiro atoms. The van der Waals surface area contributed by atoms with E-state index in [9.17, 15) is 0 Å². The Morgan fingerprint density at radius 3 is 0.163 bits per heavy atom. The van der Waals surface area contributed by atoms with E-state index in [0.29, 0.717) is 0 Å². The third-order valence-electron chi connectivity index (χ3n) is 0. The van der Waals surface area contributed by atoms with E-state index in [4.69, 9.17) is 136 Å². The van der Waals surface area contributed by atoms with Crippen molar-refractivity contribution in [2.45, 2.75) is 0 Å². The van der Waals surface area contributed by atoms with Gasteiger partial charge in [0.05, 0.1) is 0 Å². The minimum absolute atomic E-state index is 0. The molecule has 0 saturated carbocycles. The molecule has 0 rings (SSSR count). The third-order valence-corrected chi connectivity index (χ3v) is 0. The van der Waals surface area contributed by atoms with Crippen LogP contribution in [0.5, 0.6) is 0 Å². The van der Waals surface area contributed by atoms with E-state index in [1.165, 1.54) is 0 Å². The first kappa shape index (κ1) is 104. The molecular formula is H35B9Na2O31Zn. The first-order chi connectivity index (χ1) is 15.6. The largest absolute Gasteiger partial charge is 0.631 e. The minimum Gasteiger partial charge on any atom is -0.412 e. The quantitative estimate of drug-likeness (QED) is 0.103. The fourth-order valence-corrected chi connectivity index (χ4v) is 0. The summed E-state index contributed by atoms with van der Waals surface area (Å²) in [6.45, 7) is 0. The molecule has 0 unspecified atom stereocenters. The predicted octanol–water partition coefficient (Wildman–Crippen LogP) is -22.5. The number of hydrogen-bond donors (Lipinski definition) is 27. The summed E-state index contributed by atoms with van der Waals surface area (Å²) in [5, 5.41) is 193. The van der Waals surface area contributed by atoms with E-state index in [1.807, 2.05) is 0 Å². The molecule has 0 bridgehead atoms. The molecule has 31 nitrogen and oxygen atoms in total. The smallest absolute Gasteiger partial charge is 0.412 e. The van der Waals surface area contributed by atoms with Crippen molar-refractivity contribution in [1.82, 2.24) is 0 Å². The van der Waals surface area contributed by atoms with Crippen LogP contribution in [0.1, 0.15) is 0 Å². The molecule has 0 aromatic rings. The van der Waals surface area contributed by atoms with Gasteiger partial charge in [0.1, 0.15) is 0 Å². The van der Waals surface area contributed by atoms with Crippen molar-refractivity contribution in [3.05, 3.63) is 0 Å². The Balaban J connectivity index is -0.0000000134. The van der Waals surface area contributed by atoms with Gasteiger partial charge in [0, 0.05) is 78.6 Å². The van der Waals surface area contributed by atoms with Gasteiger partial charge in [0.15, 0.2) is 0 Å². The summed E-state index contributed by atoms with van der Waals surface area (Å²) in [5.74, 6) is 0. The van der Waals surface area contributed by atoms with Crippen molar-refractivity contribution in [2.24, 2.45) is 0 Å². The van der Waals surface area contributed by atoms with Gasteiger partial charge in [-0.05, 0) is 0 Å². The van der Waals surface area contributed by atoms with E-state index in [-0.39, 0.29) is 100 Å². The van der Waals surface area contributed by atoms with Crippen LogP contribution in [-0.2, 0) is 19.5 Å². The zero-order valence-corrected chi connectivity index (χ0v) is 28.9. The molecule has 0 aliphatic heterocycles. The van der Waals surface area contributed by atoms with Gasteiger partial charge in [0.25, 0.3) is 0 Å². The zero-order valence-electron chi connectivity index (χ0n) is 22.0. The average molecular weight is 740 g/mol. The van der Waals surface area contributed by atoms with Gasteiger partial charge >= 0.3 is 65.9 Å². The van der Waals surface area contributed by atoms with Crippen molar-refractivity contribution < 1.29 is 177 Å². The molecule has 2 radical (unpaired) electrons. The summed E-state index contributed by atoms with van der Waals surface area (Å²) in [6.07, 6.45) is 0. The first-order valence-corrected chi connectivity index (χ1v) is 6.97. The molecule has 0 aromatic heterocycles. The molecule has 0 fully saturated rings. The molecule has 0 atom stereocenters. The Kier molecular flexibility index (Phi) is 233. The number of hydrogen-bond acceptors (Lipinski definition) is 27. The van der Waals surface area contributed by atoms with Crippen LogP contribution < -0.4 is 0 Å². The molecule has 0 aliphatic carbocycles. The van der Waals surface area contributed by atoms with E-state index in [0.717, 1.165) is 0 Å². The molecule has 0 amide bonds. The second-order valence-corrected chi connectivity index (χ2v) is 3.12. The normalized spacial score (nSPS) is 5.65. The molecule has 0 aromatic carbocycles. The van der Waals surface area contributed by atoms with Crippen LogP contribution >= 0.6 is 0 Å². The standard InChI is InChI=1S/9BH3O3.2Na.4H2O.Zn/c9*2-1(3)4;;;;;;;/h9*2-4H;;;4*1H2;. The van der Waals surface area contributed by atoms with Gasteiger partial charge < -0.3 is 158 Å². The maximum Gasteiger partial charge on any atom is 0.631 e. The van der Waals surface area contributed by atoms with Crippen LogP contribution in [0.15, 0.2) is 0 Å². The molecule has 43 heavy (non-hydrogen) atoms. The van der Waals surface area contributed by atoms with Crippen LogP contribution in [0.4, 0.5) is 0 Å². The van der Waals surface area contributed by atoms with Crippen LogP contribution in [0.25, 0.3) is 0 Å². The van der Waals surface area contributed by atoms with Crippen molar-refractivity contribution in [3.8, 4) is 0 Å². The Morgan fingerprint density at radius 1 is 0.163 bits per heavy atom. The van der Waals surface area contributed by atoms with Gasteiger partial charge in [-0.25, -0.2) is 0 Å². The maximum absolute atomic E-state index is 7.17. The maximum atomic E-state index is 7.17. The summed E-state index contributed by atoms with van der Waals surface area (Å²) >= 11 is 0. The van der Waals surface area contributed by atoms with E-state index >= 15 is 0 Å². The summed E-state index contributed by atoms with van der Waals surface area (Å²) in [5.41, 5.74) is 0. The monoisotopic (exact) mass is 740 g/mol. The Labute approximate surface area is 300 Å². The third kappa shape index (κ3) is 20000. The van der Waals surface area contributed by atoms with E-state index < -0.39 is 65.9 Å². The Bertz CT molecular complexity index is 178. The van der Waals surface area contributed by atoms with Crippen LogP contribution in [0, 0.1) is 0 Å².